The van der Waals surface area contributed by atoms with Crippen molar-refractivity contribution in [3.63, 3.8) is 0 Å². The van der Waals surface area contributed by atoms with E-state index in [1.54, 1.807) is 56.3 Å². The molecule has 12 heteroatoms. The summed E-state index contributed by atoms with van der Waals surface area (Å²) in [7, 11) is 1.53. The molecule has 0 fully saturated rings. The van der Waals surface area contributed by atoms with Crippen molar-refractivity contribution in [2.24, 2.45) is 11.0 Å². The van der Waals surface area contributed by atoms with E-state index in [4.69, 9.17) is 18.9 Å². The molecule has 0 spiro atoms. The van der Waals surface area contributed by atoms with Crippen molar-refractivity contribution in [3.05, 3.63) is 69.6 Å². The molecule has 226 valence electrons. The molecule has 1 aromatic heterocycles. The number of nitrogens with one attached hydrogen (secondary N) is 2. The van der Waals surface area contributed by atoms with E-state index in [9.17, 15) is 19.2 Å². The Bertz CT molecular complexity index is 1530. The van der Waals surface area contributed by atoms with Crippen molar-refractivity contribution in [1.29, 1.82) is 0 Å². The van der Waals surface area contributed by atoms with Crippen LogP contribution in [0.25, 0.3) is 0 Å². The summed E-state index contributed by atoms with van der Waals surface area (Å²) in [5.74, 6) is -1.51. The van der Waals surface area contributed by atoms with Gasteiger partial charge in [0.1, 0.15) is 10.8 Å². The summed E-state index contributed by atoms with van der Waals surface area (Å²) < 4.78 is 21.5. The Kier molecular flexibility index (Phi) is 10.5. The number of anilines is 1. The van der Waals surface area contributed by atoms with Crippen LogP contribution in [0.4, 0.5) is 5.00 Å². The second-order valence-electron chi connectivity index (χ2n) is 9.69. The zero-order chi connectivity index (χ0) is 30.9. The largest absolute Gasteiger partial charge is 0.497 e. The molecule has 0 saturated carbocycles. The predicted octanol–water partition coefficient (Wildman–Crippen LogP) is 4.76. The van der Waals surface area contributed by atoms with E-state index in [-0.39, 0.29) is 12.4 Å². The highest BCUT2D eigenvalue weighted by atomic mass is 32.1. The zero-order valence-corrected chi connectivity index (χ0v) is 25.2. The zero-order valence-electron chi connectivity index (χ0n) is 24.4. The molecule has 1 aliphatic rings. The summed E-state index contributed by atoms with van der Waals surface area (Å²) in [4.78, 5) is 51.5. The molecule has 1 aliphatic carbocycles. The number of ether oxygens (including phenoxy) is 4. The average molecular weight is 608 g/mol. The molecule has 0 aliphatic heterocycles. The second-order valence-corrected chi connectivity index (χ2v) is 10.8. The molecular weight excluding hydrogens is 574 g/mol. The van der Waals surface area contributed by atoms with Crippen LogP contribution in [-0.4, -0.2) is 50.3 Å². The molecule has 0 bridgehead atoms. The summed E-state index contributed by atoms with van der Waals surface area (Å²) in [5, 5.41) is 6.73. The molecule has 0 saturated heterocycles. The van der Waals surface area contributed by atoms with E-state index in [0.717, 1.165) is 23.3 Å². The van der Waals surface area contributed by atoms with Gasteiger partial charge in [-0.1, -0.05) is 6.92 Å². The average Bonchev–Trinajstić information content (AvgIpc) is 3.35. The lowest BCUT2D eigenvalue weighted by molar-refractivity contribution is -0.136. The number of nitrogens with zero attached hydrogens (tertiary/aromatic N) is 1. The Morgan fingerprint density at radius 2 is 1.77 bits per heavy atom. The van der Waals surface area contributed by atoms with Gasteiger partial charge in [0.2, 0.25) is 0 Å². The molecule has 4 rings (SSSR count). The van der Waals surface area contributed by atoms with Gasteiger partial charge in [0, 0.05) is 4.88 Å². The molecular formula is C31H33N3O8S. The highest BCUT2D eigenvalue weighted by Crippen LogP contribution is 2.40. The fraction of sp³-hybridized carbons (Fsp3) is 0.323. The number of carbonyl (C=O) groups excluding carboxylic acids is 4. The van der Waals surface area contributed by atoms with Gasteiger partial charge in [0.05, 0.1) is 37.7 Å². The minimum Gasteiger partial charge on any atom is -0.497 e. The first kappa shape index (κ1) is 31.2. The van der Waals surface area contributed by atoms with Gasteiger partial charge in [0.25, 0.3) is 0 Å². The lowest BCUT2D eigenvalue weighted by Gasteiger charge is -2.18. The molecule has 0 radical (unpaired) electrons. The van der Waals surface area contributed by atoms with E-state index < -0.39 is 23.8 Å². The van der Waals surface area contributed by atoms with Crippen molar-refractivity contribution >= 4 is 46.3 Å². The smallest absolute Gasteiger partial charge is 0.343 e. The maximum absolute atomic E-state index is 12.7. The Labute approximate surface area is 253 Å². The van der Waals surface area contributed by atoms with Crippen molar-refractivity contribution in [3.8, 4) is 17.2 Å². The monoisotopic (exact) mass is 607 g/mol. The van der Waals surface area contributed by atoms with E-state index in [1.165, 1.54) is 24.7 Å². The van der Waals surface area contributed by atoms with Gasteiger partial charge in [-0.3, -0.25) is 9.59 Å². The van der Waals surface area contributed by atoms with Gasteiger partial charge in [-0.25, -0.2) is 15.0 Å². The molecule has 2 amide bonds. The maximum Gasteiger partial charge on any atom is 0.343 e. The van der Waals surface area contributed by atoms with Crippen LogP contribution in [0.15, 0.2) is 47.6 Å². The summed E-state index contributed by atoms with van der Waals surface area (Å²) >= 11 is 1.29. The Hall–Kier alpha value is -4.71. The molecule has 43 heavy (non-hydrogen) atoms. The topological polar surface area (TPSA) is 142 Å². The summed E-state index contributed by atoms with van der Waals surface area (Å²) in [6.07, 6.45) is 3.74. The van der Waals surface area contributed by atoms with E-state index in [1.807, 2.05) is 0 Å². The number of carbonyl (C=O) groups is 4. The number of hydrogen-bond donors (Lipinski definition) is 2. The van der Waals surface area contributed by atoms with Crippen LogP contribution < -0.4 is 25.0 Å². The first-order valence-corrected chi connectivity index (χ1v) is 14.6. The van der Waals surface area contributed by atoms with Gasteiger partial charge in [-0.15, -0.1) is 11.3 Å². The third-order valence-corrected chi connectivity index (χ3v) is 7.77. The summed E-state index contributed by atoms with van der Waals surface area (Å²) in [6, 6.07) is 11.2. The molecule has 0 unspecified atom stereocenters. The third kappa shape index (κ3) is 7.77. The number of benzene rings is 2. The fourth-order valence-electron chi connectivity index (χ4n) is 4.48. The first-order valence-electron chi connectivity index (χ1n) is 13.8. The van der Waals surface area contributed by atoms with E-state index in [0.29, 0.717) is 52.1 Å². The normalized spacial score (nSPS) is 14.0. The van der Waals surface area contributed by atoms with Crippen LogP contribution in [-0.2, 0) is 27.2 Å². The van der Waals surface area contributed by atoms with Gasteiger partial charge in [-0.05, 0) is 92.6 Å². The molecule has 1 heterocycles. The molecule has 1 atom stereocenters. The van der Waals surface area contributed by atoms with Crippen LogP contribution in [0.2, 0.25) is 0 Å². The van der Waals surface area contributed by atoms with Crippen LogP contribution in [0.3, 0.4) is 0 Å². The number of thiophene rings is 1. The molecule has 3 aromatic rings. The fourth-order valence-corrected chi connectivity index (χ4v) is 5.87. The minimum atomic E-state index is -1.01. The molecule has 2 N–H and O–H groups in total. The predicted molar refractivity (Wildman–Crippen MR) is 161 cm³/mol. The lowest BCUT2D eigenvalue weighted by atomic mass is 9.88. The Morgan fingerprint density at radius 3 is 2.47 bits per heavy atom. The van der Waals surface area contributed by atoms with Crippen LogP contribution >= 0.6 is 11.3 Å². The van der Waals surface area contributed by atoms with E-state index in [2.05, 4.69) is 22.8 Å². The maximum atomic E-state index is 12.7. The van der Waals surface area contributed by atoms with Crippen LogP contribution in [0, 0.1) is 5.92 Å². The minimum absolute atomic E-state index is 0.194. The van der Waals surface area contributed by atoms with Gasteiger partial charge < -0.3 is 24.3 Å². The Balaban J connectivity index is 1.41. The third-order valence-electron chi connectivity index (χ3n) is 6.60. The van der Waals surface area contributed by atoms with Crippen LogP contribution in [0.5, 0.6) is 17.2 Å². The first-order chi connectivity index (χ1) is 20.7. The number of fused-ring (bicyclic) bond motifs is 1. The van der Waals surface area contributed by atoms with Crippen molar-refractivity contribution in [2.75, 3.05) is 25.6 Å². The Morgan fingerprint density at radius 1 is 1.00 bits per heavy atom. The highest BCUT2D eigenvalue weighted by molar-refractivity contribution is 7.17. The number of methoxy groups -OCH3 is 1. The van der Waals surface area contributed by atoms with Crippen molar-refractivity contribution < 1.29 is 38.1 Å². The second kappa shape index (κ2) is 14.5. The number of hydrazone groups is 1. The molecule has 11 nitrogen and oxygen atoms in total. The summed E-state index contributed by atoms with van der Waals surface area (Å²) in [5.41, 5.74) is 4.23. The van der Waals surface area contributed by atoms with E-state index >= 15 is 0 Å². The van der Waals surface area contributed by atoms with Gasteiger partial charge in [0.15, 0.2) is 11.5 Å². The number of rotatable bonds is 10. The molecule has 2 aromatic carbocycles. The number of hydrogen-bond acceptors (Lipinski definition) is 10. The van der Waals surface area contributed by atoms with Crippen LogP contribution in [0.1, 0.15) is 63.9 Å². The van der Waals surface area contributed by atoms with Gasteiger partial charge >= 0.3 is 23.8 Å². The quantitative estimate of drug-likeness (QED) is 0.110. The van der Waals surface area contributed by atoms with Gasteiger partial charge in [-0.2, -0.15) is 5.10 Å². The van der Waals surface area contributed by atoms with Crippen molar-refractivity contribution in [2.45, 2.75) is 40.0 Å². The standard InChI is InChI=1S/C31H33N3O8S/c1-5-40-24-16-19(8-14-23(24)42-30(37)20-9-11-21(39-4)12-10-20)17-32-34-28(36)27(35)33-29-26(31(38)41-6-2)22-13-7-18(3)15-25(22)43-29/h8-12,14,16-18H,5-7,13,15H2,1-4H3,(H,33,35)(H,34,36)/b32-17-/t18-/m0/s1. The summed E-state index contributed by atoms with van der Waals surface area (Å²) in [6.45, 7) is 6.13. The SMILES string of the molecule is CCOC(=O)c1c(NC(=O)C(=O)N/N=C\c2ccc(OC(=O)c3ccc(OC)cc3)c(OCC)c2)sc2c1CC[C@H](C)C2. The lowest BCUT2D eigenvalue weighted by Crippen LogP contribution is -2.32. The highest BCUT2D eigenvalue weighted by Gasteiger charge is 2.30. The van der Waals surface area contributed by atoms with Crippen molar-refractivity contribution in [1.82, 2.24) is 5.43 Å². The number of esters is 2. The number of amides is 2.